The molecule has 0 aliphatic heterocycles. The van der Waals surface area contributed by atoms with Crippen molar-refractivity contribution in [1.29, 1.82) is 0 Å². The van der Waals surface area contributed by atoms with E-state index in [1.807, 2.05) is 6.92 Å². The highest BCUT2D eigenvalue weighted by Gasteiger charge is 2.25. The molecule has 1 aliphatic rings. The highest BCUT2D eigenvalue weighted by Crippen LogP contribution is 2.34. The SMILES string of the molecule is CC=CCC1CCCCC1CC(=O)O. The van der Waals surface area contributed by atoms with Gasteiger partial charge in [0.1, 0.15) is 0 Å². The Kier molecular flexibility index (Phi) is 4.71. The molecule has 2 heteroatoms. The monoisotopic (exact) mass is 196 g/mol. The fourth-order valence-corrected chi connectivity index (χ4v) is 2.40. The number of carbonyl (C=O) groups is 1. The lowest BCUT2D eigenvalue weighted by Gasteiger charge is -2.29. The van der Waals surface area contributed by atoms with Gasteiger partial charge in [-0.05, 0) is 38.0 Å². The molecule has 1 aliphatic carbocycles. The van der Waals surface area contributed by atoms with Crippen LogP contribution in [0, 0.1) is 11.8 Å². The summed E-state index contributed by atoms with van der Waals surface area (Å²) in [5, 5.41) is 8.79. The van der Waals surface area contributed by atoms with Gasteiger partial charge in [0.25, 0.3) is 0 Å². The van der Waals surface area contributed by atoms with E-state index in [0.717, 1.165) is 12.8 Å². The summed E-state index contributed by atoms with van der Waals surface area (Å²) in [5.41, 5.74) is 0. The Morgan fingerprint density at radius 1 is 1.36 bits per heavy atom. The van der Waals surface area contributed by atoms with Crippen molar-refractivity contribution < 1.29 is 9.90 Å². The first-order chi connectivity index (χ1) is 6.74. The predicted molar refractivity (Wildman–Crippen MR) is 57.1 cm³/mol. The smallest absolute Gasteiger partial charge is 0.303 e. The van der Waals surface area contributed by atoms with Crippen molar-refractivity contribution >= 4 is 5.97 Å². The van der Waals surface area contributed by atoms with Crippen LogP contribution < -0.4 is 0 Å². The third-order valence-corrected chi connectivity index (χ3v) is 3.18. The molecule has 1 fully saturated rings. The maximum atomic E-state index is 10.7. The maximum Gasteiger partial charge on any atom is 0.303 e. The van der Waals surface area contributed by atoms with Gasteiger partial charge in [-0.25, -0.2) is 0 Å². The summed E-state index contributed by atoms with van der Waals surface area (Å²) in [4.78, 5) is 10.7. The Hall–Kier alpha value is -0.790. The number of carboxylic acids is 1. The molecular formula is C12H20O2. The van der Waals surface area contributed by atoms with Crippen molar-refractivity contribution in [2.45, 2.75) is 45.4 Å². The molecule has 0 saturated heterocycles. The standard InChI is InChI=1S/C12H20O2/c1-2-3-6-10-7-4-5-8-11(10)9-12(13)14/h2-3,10-11H,4-9H2,1H3,(H,13,14). The third kappa shape index (κ3) is 3.52. The number of hydrogen-bond donors (Lipinski definition) is 1. The molecule has 2 atom stereocenters. The molecule has 0 heterocycles. The van der Waals surface area contributed by atoms with Gasteiger partial charge in [-0.2, -0.15) is 0 Å². The summed E-state index contributed by atoms with van der Waals surface area (Å²) in [6.07, 6.45) is 10.5. The maximum absolute atomic E-state index is 10.7. The van der Waals surface area contributed by atoms with Crippen LogP contribution in [0.5, 0.6) is 0 Å². The quantitative estimate of drug-likeness (QED) is 0.701. The molecule has 80 valence electrons. The van der Waals surface area contributed by atoms with Gasteiger partial charge in [0.2, 0.25) is 0 Å². The predicted octanol–water partition coefficient (Wildman–Crippen LogP) is 3.23. The van der Waals surface area contributed by atoms with Gasteiger partial charge in [0.15, 0.2) is 0 Å². The van der Waals surface area contributed by atoms with Crippen LogP contribution in [0.4, 0.5) is 0 Å². The van der Waals surface area contributed by atoms with Crippen LogP contribution in [-0.2, 0) is 4.79 Å². The van der Waals surface area contributed by atoms with E-state index >= 15 is 0 Å². The molecule has 1 N–H and O–H groups in total. The molecule has 0 spiro atoms. The zero-order valence-corrected chi connectivity index (χ0v) is 8.91. The molecular weight excluding hydrogens is 176 g/mol. The van der Waals surface area contributed by atoms with Crippen molar-refractivity contribution in [3.05, 3.63) is 12.2 Å². The molecule has 0 aromatic heterocycles. The van der Waals surface area contributed by atoms with Gasteiger partial charge in [0.05, 0.1) is 0 Å². The van der Waals surface area contributed by atoms with E-state index in [1.165, 1.54) is 19.3 Å². The largest absolute Gasteiger partial charge is 0.481 e. The highest BCUT2D eigenvalue weighted by molar-refractivity contribution is 5.67. The summed E-state index contributed by atoms with van der Waals surface area (Å²) in [5.74, 6) is 0.385. The third-order valence-electron chi connectivity index (χ3n) is 3.18. The van der Waals surface area contributed by atoms with Crippen LogP contribution >= 0.6 is 0 Å². The normalized spacial score (nSPS) is 28.1. The summed E-state index contributed by atoms with van der Waals surface area (Å²) in [6, 6.07) is 0. The Labute approximate surface area is 86.0 Å². The zero-order valence-electron chi connectivity index (χ0n) is 8.91. The van der Waals surface area contributed by atoms with Gasteiger partial charge in [0, 0.05) is 6.42 Å². The molecule has 0 aromatic carbocycles. The Balaban J connectivity index is 2.45. The van der Waals surface area contributed by atoms with Crippen LogP contribution in [0.15, 0.2) is 12.2 Å². The minimum atomic E-state index is -0.637. The van der Waals surface area contributed by atoms with E-state index in [-0.39, 0.29) is 0 Å². The lowest BCUT2D eigenvalue weighted by molar-refractivity contribution is -0.138. The summed E-state index contributed by atoms with van der Waals surface area (Å²) in [7, 11) is 0. The molecule has 2 nitrogen and oxygen atoms in total. The molecule has 0 bridgehead atoms. The average Bonchev–Trinajstić information content (AvgIpc) is 2.16. The van der Waals surface area contributed by atoms with Crippen LogP contribution in [-0.4, -0.2) is 11.1 Å². The van der Waals surface area contributed by atoms with Gasteiger partial charge < -0.3 is 5.11 Å². The zero-order chi connectivity index (χ0) is 10.4. The van der Waals surface area contributed by atoms with Gasteiger partial charge in [-0.15, -0.1) is 0 Å². The minimum absolute atomic E-state index is 0.363. The van der Waals surface area contributed by atoms with Crippen molar-refractivity contribution in [1.82, 2.24) is 0 Å². The second kappa shape index (κ2) is 5.84. The van der Waals surface area contributed by atoms with Crippen LogP contribution in [0.25, 0.3) is 0 Å². The number of aliphatic carboxylic acids is 1. The van der Waals surface area contributed by atoms with Gasteiger partial charge in [-0.1, -0.05) is 25.0 Å². The first-order valence-electron chi connectivity index (χ1n) is 5.57. The van der Waals surface area contributed by atoms with Crippen LogP contribution in [0.2, 0.25) is 0 Å². The first kappa shape index (κ1) is 11.3. The van der Waals surface area contributed by atoms with E-state index in [9.17, 15) is 4.79 Å². The lowest BCUT2D eigenvalue weighted by Crippen LogP contribution is -2.21. The summed E-state index contributed by atoms with van der Waals surface area (Å²) < 4.78 is 0. The number of rotatable bonds is 4. The van der Waals surface area contributed by atoms with Gasteiger partial charge >= 0.3 is 5.97 Å². The van der Waals surface area contributed by atoms with E-state index in [0.29, 0.717) is 18.3 Å². The Morgan fingerprint density at radius 3 is 2.57 bits per heavy atom. The second-order valence-electron chi connectivity index (χ2n) is 4.21. The van der Waals surface area contributed by atoms with Crippen molar-refractivity contribution in [2.24, 2.45) is 11.8 Å². The van der Waals surface area contributed by atoms with E-state index in [4.69, 9.17) is 5.11 Å². The first-order valence-corrected chi connectivity index (χ1v) is 5.57. The Morgan fingerprint density at radius 2 is 2.00 bits per heavy atom. The summed E-state index contributed by atoms with van der Waals surface area (Å²) >= 11 is 0. The minimum Gasteiger partial charge on any atom is -0.481 e. The molecule has 14 heavy (non-hydrogen) atoms. The molecule has 0 radical (unpaired) electrons. The highest BCUT2D eigenvalue weighted by atomic mass is 16.4. The second-order valence-corrected chi connectivity index (χ2v) is 4.21. The molecule has 0 amide bonds. The average molecular weight is 196 g/mol. The fraction of sp³-hybridized carbons (Fsp3) is 0.750. The van der Waals surface area contributed by atoms with Gasteiger partial charge in [-0.3, -0.25) is 4.79 Å². The van der Waals surface area contributed by atoms with Crippen molar-refractivity contribution in [3.8, 4) is 0 Å². The van der Waals surface area contributed by atoms with Crippen molar-refractivity contribution in [3.63, 3.8) is 0 Å². The number of allylic oxidation sites excluding steroid dienone is 2. The molecule has 0 aromatic rings. The van der Waals surface area contributed by atoms with E-state index in [1.54, 1.807) is 0 Å². The fourth-order valence-electron chi connectivity index (χ4n) is 2.40. The van der Waals surface area contributed by atoms with Crippen molar-refractivity contribution in [2.75, 3.05) is 0 Å². The molecule has 2 unspecified atom stereocenters. The Bertz CT molecular complexity index is 208. The summed E-state index contributed by atoms with van der Waals surface area (Å²) in [6.45, 7) is 2.02. The molecule has 1 saturated carbocycles. The van der Waals surface area contributed by atoms with E-state index < -0.39 is 5.97 Å². The molecule has 1 rings (SSSR count). The topological polar surface area (TPSA) is 37.3 Å². The van der Waals surface area contributed by atoms with E-state index in [2.05, 4.69) is 12.2 Å². The van der Waals surface area contributed by atoms with Crippen LogP contribution in [0.1, 0.15) is 45.4 Å². The number of hydrogen-bond acceptors (Lipinski definition) is 1. The number of carboxylic acid groups (broad SMARTS) is 1. The lowest BCUT2D eigenvalue weighted by atomic mass is 9.76. The van der Waals surface area contributed by atoms with Crippen LogP contribution in [0.3, 0.4) is 0 Å².